The van der Waals surface area contributed by atoms with E-state index >= 15 is 0 Å². The largest absolute Gasteiger partial charge is 0.504 e. The normalized spacial score (nSPS) is 20.5. The second-order valence-corrected chi connectivity index (χ2v) is 9.16. The fourth-order valence-corrected chi connectivity index (χ4v) is 5.30. The van der Waals surface area contributed by atoms with E-state index in [1.54, 1.807) is 12.1 Å². The summed E-state index contributed by atoms with van der Waals surface area (Å²) in [5.74, 6) is 3.84. The van der Waals surface area contributed by atoms with E-state index in [-0.39, 0.29) is 11.5 Å². The van der Waals surface area contributed by atoms with Crippen molar-refractivity contribution < 1.29 is 19.7 Å². The van der Waals surface area contributed by atoms with E-state index in [0.29, 0.717) is 35.5 Å². The van der Waals surface area contributed by atoms with Crippen LogP contribution in [0.25, 0.3) is 0 Å². The summed E-state index contributed by atoms with van der Waals surface area (Å²) >= 11 is 3.76. The molecule has 2 aliphatic rings. The van der Waals surface area contributed by atoms with Crippen LogP contribution >= 0.6 is 23.5 Å². The maximum Gasteiger partial charge on any atom is 0.161 e. The minimum absolute atomic E-state index is 0.212. The first-order chi connectivity index (χ1) is 14.6. The topological polar surface area (TPSA) is 83.0 Å². The molecule has 0 radical (unpaired) electrons. The smallest absolute Gasteiger partial charge is 0.161 e. The van der Waals surface area contributed by atoms with Gasteiger partial charge in [-0.2, -0.15) is 0 Å². The lowest BCUT2D eigenvalue weighted by atomic mass is 10.2. The number of nitrogens with one attached hydrogen (secondary N) is 2. The number of thioether (sulfide) groups is 2. The zero-order valence-corrected chi connectivity index (χ0v) is 19.0. The Kier molecular flexibility index (Phi) is 8.87. The van der Waals surface area contributed by atoms with Gasteiger partial charge in [-0.25, -0.2) is 0 Å². The molecule has 30 heavy (non-hydrogen) atoms. The summed E-state index contributed by atoms with van der Waals surface area (Å²) in [6, 6.07) is 11.1. The predicted octanol–water partition coefficient (Wildman–Crippen LogP) is 4.25. The van der Waals surface area contributed by atoms with Crippen molar-refractivity contribution in [3.8, 4) is 23.0 Å². The van der Waals surface area contributed by atoms with Gasteiger partial charge in [0.25, 0.3) is 0 Å². The Bertz CT molecular complexity index is 742. The van der Waals surface area contributed by atoms with Crippen molar-refractivity contribution in [2.75, 3.05) is 37.8 Å². The van der Waals surface area contributed by atoms with Crippen molar-refractivity contribution in [3.63, 3.8) is 0 Å². The third-order valence-electron chi connectivity index (χ3n) is 4.61. The molecule has 2 atom stereocenters. The van der Waals surface area contributed by atoms with Crippen LogP contribution < -0.4 is 20.1 Å². The van der Waals surface area contributed by atoms with Crippen LogP contribution in [0.5, 0.6) is 23.0 Å². The van der Waals surface area contributed by atoms with Gasteiger partial charge >= 0.3 is 0 Å². The predicted molar refractivity (Wildman–Crippen MR) is 125 cm³/mol. The summed E-state index contributed by atoms with van der Waals surface area (Å²) in [7, 11) is 0. The first kappa shape index (κ1) is 22.9. The molecular weight excluding hydrogens is 420 g/mol. The number of phenols is 2. The molecule has 4 rings (SSSR count). The molecule has 4 N–H and O–H groups in total. The molecule has 2 fully saturated rings. The Balaban J connectivity index is 0.000000171. The zero-order chi connectivity index (χ0) is 21.3. The van der Waals surface area contributed by atoms with Crippen molar-refractivity contribution in [1.82, 2.24) is 10.6 Å². The third kappa shape index (κ3) is 6.14. The highest BCUT2D eigenvalue weighted by Gasteiger charge is 2.19. The molecule has 0 bridgehead atoms. The van der Waals surface area contributed by atoms with Crippen molar-refractivity contribution in [1.29, 1.82) is 0 Å². The Morgan fingerprint density at radius 1 is 0.800 bits per heavy atom. The fourth-order valence-electron chi connectivity index (χ4n) is 3.21. The number of hydrogen-bond acceptors (Lipinski definition) is 8. The van der Waals surface area contributed by atoms with E-state index in [0.717, 1.165) is 24.6 Å². The molecule has 6 nitrogen and oxygen atoms in total. The van der Waals surface area contributed by atoms with Crippen LogP contribution in [0.1, 0.15) is 35.7 Å². The molecule has 2 heterocycles. The molecule has 2 aromatic rings. The highest BCUT2D eigenvalue weighted by atomic mass is 32.2. The van der Waals surface area contributed by atoms with Crippen molar-refractivity contribution in [2.45, 2.75) is 24.6 Å². The second kappa shape index (κ2) is 11.6. The second-order valence-electron chi connectivity index (χ2n) is 6.73. The summed E-state index contributed by atoms with van der Waals surface area (Å²) in [6.07, 6.45) is 0. The van der Waals surface area contributed by atoms with Crippen LogP contribution in [0.4, 0.5) is 0 Å². The van der Waals surface area contributed by atoms with Gasteiger partial charge in [0, 0.05) is 24.6 Å². The third-order valence-corrected chi connectivity index (χ3v) is 7.03. The first-order valence-electron chi connectivity index (χ1n) is 10.2. The summed E-state index contributed by atoms with van der Waals surface area (Å²) in [6.45, 7) is 7.05. The number of rotatable bonds is 6. The Hall–Kier alpha value is -1.74. The number of benzene rings is 2. The fraction of sp³-hybridized carbons (Fsp3) is 0.455. The molecule has 0 aromatic heterocycles. The van der Waals surface area contributed by atoms with E-state index in [1.165, 1.54) is 11.1 Å². The van der Waals surface area contributed by atoms with Gasteiger partial charge in [0.2, 0.25) is 0 Å². The molecule has 2 saturated heterocycles. The highest BCUT2D eigenvalue weighted by molar-refractivity contribution is 8.00. The zero-order valence-electron chi connectivity index (χ0n) is 17.4. The van der Waals surface area contributed by atoms with Crippen LogP contribution in [0.15, 0.2) is 36.4 Å². The quantitative estimate of drug-likeness (QED) is 0.520. The maximum absolute atomic E-state index is 9.56. The Morgan fingerprint density at radius 3 is 1.57 bits per heavy atom. The molecule has 8 heteroatoms. The van der Waals surface area contributed by atoms with Gasteiger partial charge in [0.1, 0.15) is 0 Å². The van der Waals surface area contributed by atoms with Crippen LogP contribution in [-0.4, -0.2) is 48.0 Å². The molecule has 0 aliphatic carbocycles. The average molecular weight is 451 g/mol. The van der Waals surface area contributed by atoms with Crippen molar-refractivity contribution >= 4 is 23.5 Å². The molecular formula is C22H30N2O4S2. The maximum atomic E-state index is 9.56. The van der Waals surface area contributed by atoms with Crippen molar-refractivity contribution in [2.24, 2.45) is 0 Å². The summed E-state index contributed by atoms with van der Waals surface area (Å²) in [4.78, 5) is 0. The number of aromatic hydroxyl groups is 2. The van der Waals surface area contributed by atoms with Crippen LogP contribution in [0, 0.1) is 0 Å². The molecule has 0 amide bonds. The highest BCUT2D eigenvalue weighted by Crippen LogP contribution is 2.36. The monoisotopic (exact) mass is 450 g/mol. The Labute approximate surface area is 186 Å². The van der Waals surface area contributed by atoms with Gasteiger partial charge < -0.3 is 30.3 Å². The van der Waals surface area contributed by atoms with E-state index in [9.17, 15) is 10.2 Å². The van der Waals surface area contributed by atoms with E-state index in [2.05, 4.69) is 10.6 Å². The van der Waals surface area contributed by atoms with Crippen LogP contribution in [0.3, 0.4) is 0 Å². The van der Waals surface area contributed by atoms with Gasteiger partial charge in [-0.15, -0.1) is 23.5 Å². The molecule has 164 valence electrons. The SMILES string of the molecule is CCOc1cc(C2NCCS2)ccc1O.CCOc1cc(C2NCCS2)ccc1O. The van der Waals surface area contributed by atoms with Crippen LogP contribution in [0.2, 0.25) is 0 Å². The molecule has 0 spiro atoms. The molecule has 0 saturated carbocycles. The first-order valence-corrected chi connectivity index (χ1v) is 12.3. The lowest BCUT2D eigenvalue weighted by Crippen LogP contribution is -2.12. The van der Waals surface area contributed by atoms with Gasteiger partial charge in [0.05, 0.1) is 24.0 Å². The van der Waals surface area contributed by atoms with Gasteiger partial charge in [0.15, 0.2) is 23.0 Å². The standard InChI is InChI=1S/2C11H15NO2S/c2*1-2-14-10-7-8(3-4-9(10)13)11-12-5-6-15-11/h2*3-4,7,11-13H,2,5-6H2,1H3. The van der Waals surface area contributed by atoms with Gasteiger partial charge in [-0.3, -0.25) is 0 Å². The summed E-state index contributed by atoms with van der Waals surface area (Å²) in [5.41, 5.74) is 2.33. The number of ether oxygens (including phenoxy) is 2. The van der Waals surface area contributed by atoms with E-state index in [4.69, 9.17) is 9.47 Å². The van der Waals surface area contributed by atoms with E-state index < -0.39 is 0 Å². The van der Waals surface area contributed by atoms with Crippen molar-refractivity contribution in [3.05, 3.63) is 47.5 Å². The van der Waals surface area contributed by atoms with Gasteiger partial charge in [-0.1, -0.05) is 12.1 Å². The van der Waals surface area contributed by atoms with Crippen LogP contribution in [-0.2, 0) is 0 Å². The number of phenolic OH excluding ortho intramolecular Hbond substituents is 2. The molecule has 2 aromatic carbocycles. The minimum atomic E-state index is 0.212. The lowest BCUT2D eigenvalue weighted by molar-refractivity contribution is 0.317. The summed E-state index contributed by atoms with van der Waals surface area (Å²) < 4.78 is 10.7. The Morgan fingerprint density at radius 2 is 1.23 bits per heavy atom. The molecule has 2 unspecified atom stereocenters. The average Bonchev–Trinajstić information content (AvgIpc) is 3.46. The molecule has 2 aliphatic heterocycles. The lowest BCUT2D eigenvalue weighted by Gasteiger charge is -2.12. The minimum Gasteiger partial charge on any atom is -0.504 e. The summed E-state index contributed by atoms with van der Waals surface area (Å²) in [5, 5.41) is 26.6. The van der Waals surface area contributed by atoms with E-state index in [1.807, 2.05) is 61.6 Å². The van der Waals surface area contributed by atoms with Gasteiger partial charge in [-0.05, 0) is 49.2 Å². The number of hydrogen-bond donors (Lipinski definition) is 4.